The van der Waals surface area contributed by atoms with Crippen LogP contribution in [0.2, 0.25) is 0 Å². The fraction of sp³-hybridized carbons (Fsp3) is 0.500. The van der Waals surface area contributed by atoms with Crippen LogP contribution in [0.4, 0.5) is 10.5 Å². The number of rotatable bonds is 4. The number of anilines is 1. The van der Waals surface area contributed by atoms with Crippen LogP contribution in [-0.2, 0) is 17.6 Å². The molecule has 0 radical (unpaired) electrons. The van der Waals surface area contributed by atoms with Crippen molar-refractivity contribution < 1.29 is 9.53 Å². The number of nitrogens with zero attached hydrogens (tertiary/aromatic N) is 3. The summed E-state index contributed by atoms with van der Waals surface area (Å²) >= 11 is 0. The Bertz CT molecular complexity index is 1150. The lowest BCUT2D eigenvalue weighted by molar-refractivity contribution is 0.175. The third kappa shape index (κ3) is 4.20. The average Bonchev–Trinajstić information content (AvgIpc) is 3.04. The molecule has 2 aromatic carbocycles. The second kappa shape index (κ2) is 9.79. The first-order valence-electron chi connectivity index (χ1n) is 12.7. The van der Waals surface area contributed by atoms with Crippen molar-refractivity contribution in [1.82, 2.24) is 14.9 Å². The Balaban J connectivity index is 1.64. The number of imidazole rings is 1. The van der Waals surface area contributed by atoms with Gasteiger partial charge in [0, 0.05) is 23.6 Å². The number of fused-ring (bicyclic) bond motifs is 3. The molecule has 0 spiro atoms. The van der Waals surface area contributed by atoms with Gasteiger partial charge < -0.3 is 14.6 Å². The van der Waals surface area contributed by atoms with Gasteiger partial charge in [-0.2, -0.15) is 0 Å². The molecule has 0 saturated carbocycles. The fourth-order valence-electron chi connectivity index (χ4n) is 5.84. The van der Waals surface area contributed by atoms with Gasteiger partial charge >= 0.3 is 6.09 Å². The van der Waals surface area contributed by atoms with Gasteiger partial charge in [0.25, 0.3) is 0 Å². The number of aryl methyl sites for hydroxylation is 1. The molecule has 0 unspecified atom stereocenters. The van der Waals surface area contributed by atoms with Crippen molar-refractivity contribution >= 4 is 22.8 Å². The van der Waals surface area contributed by atoms with E-state index < -0.39 is 0 Å². The molecule has 3 heterocycles. The maximum Gasteiger partial charge on any atom is 0.414 e. The summed E-state index contributed by atoms with van der Waals surface area (Å²) < 4.78 is 7.66. The molecule has 0 aliphatic carbocycles. The lowest BCUT2D eigenvalue weighted by Gasteiger charge is -2.34. The first-order chi connectivity index (χ1) is 16.6. The van der Waals surface area contributed by atoms with Crippen molar-refractivity contribution in [3.63, 3.8) is 0 Å². The molecule has 3 atom stereocenters. The van der Waals surface area contributed by atoms with Crippen molar-refractivity contribution in [2.45, 2.75) is 70.4 Å². The van der Waals surface area contributed by atoms with Crippen molar-refractivity contribution in [3.05, 3.63) is 59.4 Å². The van der Waals surface area contributed by atoms with E-state index in [2.05, 4.69) is 66.2 Å². The van der Waals surface area contributed by atoms with Gasteiger partial charge in [0.15, 0.2) is 0 Å². The molecule has 2 aliphatic rings. The molecule has 1 aromatic heterocycles. The molecule has 1 N–H and O–H groups in total. The van der Waals surface area contributed by atoms with Gasteiger partial charge in [-0.1, -0.05) is 37.3 Å². The van der Waals surface area contributed by atoms with E-state index in [1.807, 2.05) is 0 Å². The van der Waals surface area contributed by atoms with Crippen LogP contribution in [-0.4, -0.2) is 41.9 Å². The van der Waals surface area contributed by atoms with Crippen molar-refractivity contribution in [2.75, 3.05) is 25.1 Å². The summed E-state index contributed by atoms with van der Waals surface area (Å²) in [4.78, 5) is 19.8. The molecule has 0 bridgehead atoms. The van der Waals surface area contributed by atoms with Gasteiger partial charge in [-0.05, 0) is 76.2 Å². The van der Waals surface area contributed by atoms with E-state index in [9.17, 15) is 4.79 Å². The van der Waals surface area contributed by atoms with Crippen molar-refractivity contribution in [3.8, 4) is 0 Å². The number of methoxy groups -OCH3 is 1. The largest absolute Gasteiger partial charge is 0.452 e. The number of ether oxygens (including phenoxy) is 1. The Morgan fingerprint density at radius 2 is 1.97 bits per heavy atom. The van der Waals surface area contributed by atoms with Crippen LogP contribution in [0, 0.1) is 0 Å². The number of hydrogen-bond acceptors (Lipinski definition) is 4. The molecular weight excluding hydrogens is 424 g/mol. The molecule has 1 saturated heterocycles. The summed E-state index contributed by atoms with van der Waals surface area (Å²) in [7, 11) is 1.46. The summed E-state index contributed by atoms with van der Waals surface area (Å²) in [6.07, 6.45) is 5.95. The normalized spacial score (nSPS) is 21.7. The van der Waals surface area contributed by atoms with Gasteiger partial charge in [0.05, 0.1) is 23.8 Å². The van der Waals surface area contributed by atoms with E-state index in [1.165, 1.54) is 36.0 Å². The second-order valence-electron chi connectivity index (χ2n) is 9.92. The number of hydrogen-bond donors (Lipinski definition) is 1. The first-order valence-corrected chi connectivity index (χ1v) is 12.7. The molecule has 34 heavy (non-hydrogen) atoms. The fourth-order valence-corrected chi connectivity index (χ4v) is 5.84. The van der Waals surface area contributed by atoms with Crippen LogP contribution >= 0.6 is 0 Å². The Hall–Kier alpha value is -2.86. The summed E-state index contributed by atoms with van der Waals surface area (Å²) in [5.74, 6) is 1.46. The van der Waals surface area contributed by atoms with Crippen molar-refractivity contribution in [1.29, 1.82) is 0 Å². The quantitative estimate of drug-likeness (QED) is 0.550. The van der Waals surface area contributed by atoms with Gasteiger partial charge in [0.1, 0.15) is 5.82 Å². The first kappa shape index (κ1) is 22.9. The van der Waals surface area contributed by atoms with Crippen LogP contribution in [0.3, 0.4) is 0 Å². The van der Waals surface area contributed by atoms with E-state index in [-0.39, 0.29) is 12.1 Å². The van der Waals surface area contributed by atoms with Crippen LogP contribution in [0.15, 0.2) is 42.5 Å². The number of benzene rings is 2. The van der Waals surface area contributed by atoms with Gasteiger partial charge in [0.2, 0.25) is 0 Å². The molecule has 5 rings (SSSR count). The van der Waals surface area contributed by atoms with Crippen molar-refractivity contribution in [2.24, 2.45) is 0 Å². The lowest BCUT2D eigenvalue weighted by atomic mass is 9.95. The number of amides is 1. The van der Waals surface area contributed by atoms with E-state index in [1.54, 1.807) is 4.90 Å². The van der Waals surface area contributed by atoms with E-state index >= 15 is 0 Å². The zero-order chi connectivity index (χ0) is 23.7. The summed E-state index contributed by atoms with van der Waals surface area (Å²) in [5, 5.41) is 3.56. The van der Waals surface area contributed by atoms with Crippen LogP contribution in [0.1, 0.15) is 68.4 Å². The molecule has 2 aliphatic heterocycles. The van der Waals surface area contributed by atoms with Gasteiger partial charge in [-0.3, -0.25) is 4.90 Å². The van der Waals surface area contributed by atoms with E-state index in [4.69, 9.17) is 9.72 Å². The molecule has 6 nitrogen and oxygen atoms in total. The smallest absolute Gasteiger partial charge is 0.414 e. The molecule has 1 amide bonds. The molecule has 3 aromatic rings. The Morgan fingerprint density at radius 1 is 1.15 bits per heavy atom. The average molecular weight is 461 g/mol. The van der Waals surface area contributed by atoms with Crippen LogP contribution in [0.5, 0.6) is 0 Å². The van der Waals surface area contributed by atoms with Gasteiger partial charge in [-0.15, -0.1) is 0 Å². The molecule has 180 valence electrons. The van der Waals surface area contributed by atoms with Crippen LogP contribution in [0.25, 0.3) is 11.0 Å². The number of nitrogens with one attached hydrogen (secondary N) is 1. The minimum Gasteiger partial charge on any atom is -0.452 e. The third-order valence-electron chi connectivity index (χ3n) is 7.59. The van der Waals surface area contributed by atoms with Crippen LogP contribution < -0.4 is 10.2 Å². The minimum atomic E-state index is -0.292. The predicted octanol–water partition coefficient (Wildman–Crippen LogP) is 5.60. The summed E-state index contributed by atoms with van der Waals surface area (Å²) in [6.45, 7) is 6.51. The predicted molar refractivity (Wildman–Crippen MR) is 137 cm³/mol. The zero-order valence-electron chi connectivity index (χ0n) is 20.6. The molecule has 1 fully saturated rings. The number of carbonyl (C=O) groups is 1. The van der Waals surface area contributed by atoms with Gasteiger partial charge in [-0.25, -0.2) is 9.78 Å². The molecular formula is C28H36N4O2. The highest BCUT2D eigenvalue weighted by Crippen LogP contribution is 2.39. The lowest BCUT2D eigenvalue weighted by Crippen LogP contribution is -2.42. The topological polar surface area (TPSA) is 59.4 Å². The third-order valence-corrected chi connectivity index (χ3v) is 7.59. The zero-order valence-corrected chi connectivity index (χ0v) is 20.6. The maximum absolute atomic E-state index is 12.6. The summed E-state index contributed by atoms with van der Waals surface area (Å²) in [6, 6.07) is 15.6. The Kier molecular flexibility index (Phi) is 6.59. The highest BCUT2D eigenvalue weighted by Gasteiger charge is 2.32. The Labute approximate surface area is 202 Å². The van der Waals surface area contributed by atoms with E-state index in [0.29, 0.717) is 12.0 Å². The van der Waals surface area contributed by atoms with E-state index in [0.717, 1.165) is 56.4 Å². The SMILES string of the molecule is COC(=O)N1c2ccc3c(nc([C@@H](C)Cc4ccccc4)n3[C@@H]3CCCNCC3)c2CC[C@@H]1C. The standard InChI is InChI=1S/C28H36N4O2/c1-19(18-21-8-5-4-6-9-21)27-30-26-23-12-11-20(2)31(28(33)34-3)24(23)13-14-25(26)32(27)22-10-7-16-29-17-15-22/h4-6,8-9,13-14,19-20,22,29H,7,10-12,15-18H2,1-3H3/t19-,20-,22+/m0/s1. The number of aromatic nitrogens is 2. The highest BCUT2D eigenvalue weighted by atomic mass is 16.5. The second-order valence-corrected chi connectivity index (χ2v) is 9.92. The minimum absolute atomic E-state index is 0.115. The monoisotopic (exact) mass is 460 g/mol. The highest BCUT2D eigenvalue weighted by molar-refractivity contribution is 5.95. The Morgan fingerprint density at radius 3 is 2.76 bits per heavy atom. The summed E-state index contributed by atoms with van der Waals surface area (Å²) in [5.41, 5.74) is 5.74. The number of carbonyl (C=O) groups excluding carboxylic acids is 1. The molecule has 6 heteroatoms. The maximum atomic E-state index is 12.6.